The first-order valence-electron chi connectivity index (χ1n) is 14.5. The Hall–Kier alpha value is -2.45. The lowest BCUT2D eigenvalue weighted by molar-refractivity contribution is -0.127. The molecule has 9 heteroatoms. The van der Waals surface area contributed by atoms with Gasteiger partial charge in [0.25, 0.3) is 0 Å². The van der Waals surface area contributed by atoms with E-state index in [-0.39, 0.29) is 28.3 Å². The molecule has 0 radical (unpaired) electrons. The molecule has 1 amide bonds. The van der Waals surface area contributed by atoms with Crippen LogP contribution in [-0.4, -0.2) is 41.0 Å². The molecule has 0 aliphatic heterocycles. The fourth-order valence-corrected chi connectivity index (χ4v) is 6.73. The number of benzene rings is 2. The first-order valence-corrected chi connectivity index (χ1v) is 20.7. The molecule has 2 aromatic rings. The predicted molar refractivity (Wildman–Crippen MR) is 179 cm³/mol. The molecule has 2 atom stereocenters. The van der Waals surface area contributed by atoms with Crippen LogP contribution in [0.3, 0.4) is 0 Å². The molecule has 42 heavy (non-hydrogen) atoms. The van der Waals surface area contributed by atoms with Gasteiger partial charge in [0.1, 0.15) is 5.75 Å². The van der Waals surface area contributed by atoms with Gasteiger partial charge in [-0.3, -0.25) is 9.59 Å². The fraction of sp³-hybridized carbons (Fsp3) is 0.545. The van der Waals surface area contributed by atoms with Crippen molar-refractivity contribution in [1.29, 1.82) is 0 Å². The van der Waals surface area contributed by atoms with Crippen LogP contribution in [0.1, 0.15) is 70.0 Å². The molecule has 2 aromatic carbocycles. The Bertz CT molecular complexity index is 1340. The molecule has 0 fully saturated rings. The van der Waals surface area contributed by atoms with E-state index in [4.69, 9.17) is 27.0 Å². The van der Waals surface area contributed by atoms with Gasteiger partial charge in [-0.25, -0.2) is 4.85 Å². The Morgan fingerprint density at radius 3 is 2.14 bits per heavy atom. The van der Waals surface area contributed by atoms with Crippen molar-refractivity contribution in [2.75, 3.05) is 6.54 Å². The van der Waals surface area contributed by atoms with Gasteiger partial charge in [-0.2, -0.15) is 0 Å². The smallest absolute Gasteiger partial charge is 0.250 e. The third-order valence-corrected chi connectivity index (χ3v) is 18.4. The summed E-state index contributed by atoms with van der Waals surface area (Å²) in [6.45, 7) is 32.7. The zero-order valence-corrected chi connectivity index (χ0v) is 30.2. The highest BCUT2D eigenvalue weighted by atomic mass is 35.5. The number of amides is 1. The van der Waals surface area contributed by atoms with Crippen molar-refractivity contribution in [3.05, 3.63) is 69.5 Å². The molecule has 230 valence electrons. The van der Waals surface area contributed by atoms with E-state index in [1.807, 2.05) is 32.0 Å². The number of carbonyl (C=O) groups excluding carboxylic acids is 2. The summed E-state index contributed by atoms with van der Waals surface area (Å²) in [7, 11) is -4.26. The molecule has 0 bridgehead atoms. The first kappa shape index (κ1) is 35.7. The van der Waals surface area contributed by atoms with E-state index in [9.17, 15) is 9.59 Å². The van der Waals surface area contributed by atoms with E-state index in [1.165, 1.54) is 0 Å². The Morgan fingerprint density at radius 1 is 1.00 bits per heavy atom. The van der Waals surface area contributed by atoms with E-state index < -0.39 is 28.7 Å². The predicted octanol–water partition coefficient (Wildman–Crippen LogP) is 9.15. The summed E-state index contributed by atoms with van der Waals surface area (Å²) in [6.07, 6.45) is -0.0313. The molecule has 0 aromatic heterocycles. The molecule has 0 saturated heterocycles. The van der Waals surface area contributed by atoms with E-state index >= 15 is 0 Å². The molecule has 0 saturated carbocycles. The molecule has 0 aliphatic rings. The topological polar surface area (TPSA) is 69.0 Å². The first-order chi connectivity index (χ1) is 19.1. The molecule has 2 rings (SSSR count). The number of halogens is 1. The Balaban J connectivity index is 2.29. The normalized spacial score (nSPS) is 14.1. The summed E-state index contributed by atoms with van der Waals surface area (Å²) >= 11 is 6.46. The van der Waals surface area contributed by atoms with Crippen molar-refractivity contribution < 1.29 is 18.4 Å². The van der Waals surface area contributed by atoms with Gasteiger partial charge in [0, 0.05) is 5.56 Å². The van der Waals surface area contributed by atoms with Crippen LogP contribution in [0.2, 0.25) is 41.3 Å². The van der Waals surface area contributed by atoms with Crippen LogP contribution < -0.4 is 9.74 Å². The number of ketones is 1. The van der Waals surface area contributed by atoms with E-state index in [1.54, 1.807) is 18.2 Å². The van der Waals surface area contributed by atoms with Crippen LogP contribution in [0, 0.1) is 19.4 Å². The van der Waals surface area contributed by atoms with E-state index in [0.29, 0.717) is 28.4 Å². The van der Waals surface area contributed by atoms with Crippen LogP contribution >= 0.6 is 11.6 Å². The molecule has 0 spiro atoms. The summed E-state index contributed by atoms with van der Waals surface area (Å²) in [5.41, 5.74) is 2.53. The molecule has 6 nitrogen and oxygen atoms in total. The molecular formula is C33H49ClN2O4Si2. The second kappa shape index (κ2) is 13.5. The quantitative estimate of drug-likeness (QED) is 0.153. The molecular weight excluding hydrogens is 580 g/mol. The lowest BCUT2D eigenvalue weighted by Gasteiger charge is -2.40. The van der Waals surface area contributed by atoms with E-state index in [0.717, 1.165) is 11.1 Å². The number of carbonyl (C=O) groups is 2. The maximum atomic E-state index is 13.7. The van der Waals surface area contributed by atoms with Crippen molar-refractivity contribution in [2.24, 2.45) is 5.92 Å². The largest absolute Gasteiger partial charge is 0.543 e. The second-order valence-corrected chi connectivity index (χ2v) is 24.1. The number of nitrogens with zero attached hydrogens (tertiary/aromatic N) is 1. The highest BCUT2D eigenvalue weighted by Crippen LogP contribution is 2.39. The Labute approximate surface area is 260 Å². The van der Waals surface area contributed by atoms with Crippen molar-refractivity contribution in [3.8, 4) is 5.75 Å². The van der Waals surface area contributed by atoms with Gasteiger partial charge in [0.15, 0.2) is 14.1 Å². The molecule has 0 unspecified atom stereocenters. The zero-order chi connectivity index (χ0) is 32.3. The highest BCUT2D eigenvalue weighted by molar-refractivity contribution is 6.75. The standard InChI is InChI=1S/C33H49ClN2O4Si2/c1-22-24(17-18-28(35-9)30(22)34)20-27(23(2)39-41(10,11)32(3,4)5)31(38)36-21-29(37)25-15-14-16-26(19-25)40-42(12,13)33(6,7)8/h14-19,23,27H,20-21H2,1-8,10-13H3,(H,36,38)/t23-,27-/m1/s1. The summed E-state index contributed by atoms with van der Waals surface area (Å²) in [5.74, 6) is -0.341. The Kier molecular flexibility index (Phi) is 11.5. The lowest BCUT2D eigenvalue weighted by atomic mass is 9.91. The van der Waals surface area contributed by atoms with Gasteiger partial charge in [-0.05, 0) is 79.8 Å². The third-order valence-electron chi connectivity index (χ3n) is 8.99. The van der Waals surface area contributed by atoms with Crippen molar-refractivity contribution in [3.63, 3.8) is 0 Å². The summed E-state index contributed by atoms with van der Waals surface area (Å²) in [4.78, 5) is 30.4. The van der Waals surface area contributed by atoms with Gasteiger partial charge in [0.05, 0.1) is 30.2 Å². The summed E-state index contributed by atoms with van der Waals surface area (Å²) in [5, 5.41) is 3.28. The summed E-state index contributed by atoms with van der Waals surface area (Å²) in [6, 6.07) is 10.7. The second-order valence-electron chi connectivity index (χ2n) is 14.2. The van der Waals surface area contributed by atoms with Gasteiger partial charge < -0.3 is 14.2 Å². The van der Waals surface area contributed by atoms with Crippen molar-refractivity contribution in [2.45, 2.75) is 104 Å². The van der Waals surface area contributed by atoms with Crippen molar-refractivity contribution in [1.82, 2.24) is 5.32 Å². The zero-order valence-electron chi connectivity index (χ0n) is 27.5. The van der Waals surface area contributed by atoms with Crippen molar-refractivity contribution >= 4 is 45.6 Å². The fourth-order valence-electron chi connectivity index (χ4n) is 4.03. The third kappa shape index (κ3) is 8.79. The number of nitrogens with one attached hydrogen (secondary N) is 1. The SMILES string of the molecule is [C-]#[N+]c1ccc(C[C@@H](C(=O)NCC(=O)c2cccc(O[Si](C)(C)C(C)(C)C)c2)[C@@H](C)O[Si](C)(C)C(C)(C)C)c(C)c1Cl. The van der Waals surface area contributed by atoms with Gasteiger partial charge >= 0.3 is 0 Å². The number of hydrogen-bond donors (Lipinski definition) is 1. The lowest BCUT2D eigenvalue weighted by Crippen LogP contribution is -2.48. The van der Waals surface area contributed by atoms with Crippen LogP contribution in [0.5, 0.6) is 5.75 Å². The number of rotatable bonds is 11. The molecule has 1 N–H and O–H groups in total. The minimum absolute atomic E-state index is 0.0258. The monoisotopic (exact) mass is 628 g/mol. The van der Waals surface area contributed by atoms with Crippen LogP contribution in [-0.2, 0) is 15.6 Å². The van der Waals surface area contributed by atoms with Crippen LogP contribution in [0.15, 0.2) is 36.4 Å². The average molecular weight is 629 g/mol. The highest BCUT2D eigenvalue weighted by Gasteiger charge is 2.41. The maximum Gasteiger partial charge on any atom is 0.250 e. The van der Waals surface area contributed by atoms with Gasteiger partial charge in [-0.1, -0.05) is 77.4 Å². The number of hydrogen-bond acceptors (Lipinski definition) is 4. The minimum Gasteiger partial charge on any atom is -0.543 e. The van der Waals surface area contributed by atoms with Gasteiger partial charge in [0.2, 0.25) is 19.9 Å². The van der Waals surface area contributed by atoms with Gasteiger partial charge in [-0.15, -0.1) is 0 Å². The minimum atomic E-state index is -2.19. The van der Waals surface area contributed by atoms with Crippen LogP contribution in [0.25, 0.3) is 4.85 Å². The average Bonchev–Trinajstić information content (AvgIpc) is 2.86. The maximum absolute atomic E-state index is 13.7. The summed E-state index contributed by atoms with van der Waals surface area (Å²) < 4.78 is 13.0. The number of Topliss-reactive ketones (excluding diaryl/α,β-unsaturated/α-hetero) is 1. The molecule has 0 heterocycles. The molecule has 0 aliphatic carbocycles. The Morgan fingerprint density at radius 2 is 1.60 bits per heavy atom. The van der Waals surface area contributed by atoms with Crippen LogP contribution in [0.4, 0.5) is 5.69 Å². The van der Waals surface area contributed by atoms with E-state index in [2.05, 4.69) is 77.9 Å².